The van der Waals surface area contributed by atoms with E-state index in [0.717, 1.165) is 36.1 Å². The van der Waals surface area contributed by atoms with Crippen molar-refractivity contribution in [3.05, 3.63) is 53.6 Å². The summed E-state index contributed by atoms with van der Waals surface area (Å²) in [6.45, 7) is 3.79. The van der Waals surface area contributed by atoms with Crippen LogP contribution in [0.5, 0.6) is 0 Å². The quantitative estimate of drug-likeness (QED) is 0.671. The van der Waals surface area contributed by atoms with Gasteiger partial charge in [-0.2, -0.15) is 4.31 Å². The van der Waals surface area contributed by atoms with Crippen LogP contribution < -0.4 is 9.80 Å². The molecule has 8 heteroatoms. The van der Waals surface area contributed by atoms with Gasteiger partial charge in [-0.3, -0.25) is 9.59 Å². The zero-order valence-corrected chi connectivity index (χ0v) is 20.4. The van der Waals surface area contributed by atoms with E-state index < -0.39 is 10.0 Å². The van der Waals surface area contributed by atoms with E-state index in [1.807, 2.05) is 24.3 Å². The highest BCUT2D eigenvalue weighted by Crippen LogP contribution is 2.33. The standard InChI is InChI=1S/C26H31N3O4S/c1-19-11-14-27(15-12-19)34(32,33)22-9-10-24-21(17-22)6-4-8-25(30)29(24)18-26(31)28-16-13-20-5-2-3-7-23(20)28/h2-3,5,7,9-10,17,19H,4,6,8,11-16,18H2,1H3. The van der Waals surface area contributed by atoms with Crippen molar-refractivity contribution in [2.75, 3.05) is 36.0 Å². The first-order valence-corrected chi connectivity index (χ1v) is 13.6. The maximum atomic E-state index is 13.3. The molecule has 3 heterocycles. The van der Waals surface area contributed by atoms with E-state index in [1.165, 1.54) is 0 Å². The van der Waals surface area contributed by atoms with Gasteiger partial charge >= 0.3 is 0 Å². The molecule has 0 aliphatic carbocycles. The number of anilines is 2. The fraction of sp³-hybridized carbons (Fsp3) is 0.462. The fourth-order valence-corrected chi connectivity index (χ4v) is 6.77. The summed E-state index contributed by atoms with van der Waals surface area (Å²) in [6.07, 6.45) is 4.13. The second kappa shape index (κ2) is 9.15. The van der Waals surface area contributed by atoms with Gasteiger partial charge in [-0.1, -0.05) is 25.1 Å². The number of para-hydroxylation sites is 1. The third kappa shape index (κ3) is 4.25. The van der Waals surface area contributed by atoms with Gasteiger partial charge in [-0.25, -0.2) is 8.42 Å². The first kappa shape index (κ1) is 23.1. The van der Waals surface area contributed by atoms with Crippen molar-refractivity contribution in [1.29, 1.82) is 0 Å². The number of hydrogen-bond donors (Lipinski definition) is 0. The number of carbonyl (C=O) groups excluding carboxylic acids is 2. The summed E-state index contributed by atoms with van der Waals surface area (Å²) in [4.78, 5) is 29.8. The molecule has 2 aromatic carbocycles. The molecule has 3 aliphatic heterocycles. The Bertz CT molecular complexity index is 1220. The number of nitrogens with zero attached hydrogens (tertiary/aromatic N) is 3. The number of fused-ring (bicyclic) bond motifs is 2. The van der Waals surface area contributed by atoms with Crippen molar-refractivity contribution in [3.8, 4) is 0 Å². The SMILES string of the molecule is CC1CCN(S(=O)(=O)c2ccc3c(c2)CCCC(=O)N3CC(=O)N2CCc3ccccc32)CC1. The minimum atomic E-state index is -3.58. The van der Waals surface area contributed by atoms with Crippen LogP contribution in [0.25, 0.3) is 0 Å². The molecule has 5 rings (SSSR count). The van der Waals surface area contributed by atoms with Crippen LogP contribution >= 0.6 is 0 Å². The van der Waals surface area contributed by atoms with Crippen LogP contribution in [-0.4, -0.2) is 50.7 Å². The molecular weight excluding hydrogens is 450 g/mol. The second-order valence-electron chi connectivity index (χ2n) is 9.63. The summed E-state index contributed by atoms with van der Waals surface area (Å²) in [6, 6.07) is 12.9. The highest BCUT2D eigenvalue weighted by Gasteiger charge is 2.32. The number of sulfonamides is 1. The summed E-state index contributed by atoms with van der Waals surface area (Å²) >= 11 is 0. The van der Waals surface area contributed by atoms with Gasteiger partial charge in [0.05, 0.1) is 4.90 Å². The molecule has 0 spiro atoms. The molecule has 34 heavy (non-hydrogen) atoms. The monoisotopic (exact) mass is 481 g/mol. The minimum absolute atomic E-state index is 0.0454. The lowest BCUT2D eigenvalue weighted by molar-refractivity contribution is -0.122. The summed E-state index contributed by atoms with van der Waals surface area (Å²) in [7, 11) is -3.58. The molecule has 0 atom stereocenters. The lowest BCUT2D eigenvalue weighted by Gasteiger charge is -2.30. The van der Waals surface area contributed by atoms with Crippen LogP contribution in [0.4, 0.5) is 11.4 Å². The van der Waals surface area contributed by atoms with E-state index in [2.05, 4.69) is 6.92 Å². The van der Waals surface area contributed by atoms with Crippen LogP contribution in [0, 0.1) is 5.92 Å². The molecule has 7 nitrogen and oxygen atoms in total. The lowest BCUT2D eigenvalue weighted by Crippen LogP contribution is -2.42. The molecule has 0 saturated carbocycles. The molecule has 0 bridgehead atoms. The Morgan fingerprint density at radius 2 is 1.71 bits per heavy atom. The largest absolute Gasteiger partial charge is 0.310 e. The Morgan fingerprint density at radius 1 is 0.941 bits per heavy atom. The predicted octanol–water partition coefficient (Wildman–Crippen LogP) is 3.37. The van der Waals surface area contributed by atoms with E-state index in [9.17, 15) is 18.0 Å². The van der Waals surface area contributed by atoms with Gasteiger partial charge in [0, 0.05) is 37.4 Å². The van der Waals surface area contributed by atoms with Crippen molar-refractivity contribution in [3.63, 3.8) is 0 Å². The molecule has 2 amide bonds. The highest BCUT2D eigenvalue weighted by molar-refractivity contribution is 7.89. The van der Waals surface area contributed by atoms with Crippen molar-refractivity contribution in [2.45, 2.75) is 50.3 Å². The van der Waals surface area contributed by atoms with E-state index in [-0.39, 0.29) is 23.3 Å². The van der Waals surface area contributed by atoms with Crippen molar-refractivity contribution in [1.82, 2.24) is 4.31 Å². The first-order chi connectivity index (χ1) is 16.3. The lowest BCUT2D eigenvalue weighted by atomic mass is 10.0. The normalized spacial score (nSPS) is 19.6. The maximum Gasteiger partial charge on any atom is 0.247 e. The Hall–Kier alpha value is -2.71. The van der Waals surface area contributed by atoms with Crippen LogP contribution in [0.2, 0.25) is 0 Å². The van der Waals surface area contributed by atoms with Crippen LogP contribution in [0.1, 0.15) is 43.7 Å². The molecule has 1 saturated heterocycles. The van der Waals surface area contributed by atoms with Crippen molar-refractivity contribution in [2.24, 2.45) is 5.92 Å². The van der Waals surface area contributed by atoms with Crippen LogP contribution in [0.3, 0.4) is 0 Å². The Morgan fingerprint density at radius 3 is 2.50 bits per heavy atom. The van der Waals surface area contributed by atoms with Crippen LogP contribution in [-0.2, 0) is 32.5 Å². The zero-order chi connectivity index (χ0) is 23.9. The van der Waals surface area contributed by atoms with Crippen molar-refractivity contribution >= 4 is 33.2 Å². The van der Waals surface area contributed by atoms with Crippen molar-refractivity contribution < 1.29 is 18.0 Å². The fourth-order valence-electron chi connectivity index (χ4n) is 5.25. The number of rotatable bonds is 4. The molecule has 0 N–H and O–H groups in total. The summed E-state index contributed by atoms with van der Waals surface area (Å²) < 4.78 is 28.1. The highest BCUT2D eigenvalue weighted by atomic mass is 32.2. The number of benzene rings is 2. The molecular formula is C26H31N3O4S. The summed E-state index contributed by atoms with van der Waals surface area (Å²) in [5.74, 6) is 0.323. The molecule has 0 aromatic heterocycles. The predicted molar refractivity (Wildman–Crippen MR) is 131 cm³/mol. The smallest absolute Gasteiger partial charge is 0.247 e. The van der Waals surface area contributed by atoms with Gasteiger partial charge in [0.25, 0.3) is 0 Å². The van der Waals surface area contributed by atoms with E-state index in [4.69, 9.17) is 0 Å². The number of carbonyl (C=O) groups is 2. The van der Waals surface area contributed by atoms with Gasteiger partial charge in [0.1, 0.15) is 6.54 Å². The molecule has 2 aromatic rings. The molecule has 0 unspecified atom stereocenters. The Labute approximate surface area is 201 Å². The average Bonchev–Trinajstić information content (AvgIpc) is 3.20. The second-order valence-corrected chi connectivity index (χ2v) is 11.6. The van der Waals surface area contributed by atoms with Gasteiger partial charge in [0.2, 0.25) is 21.8 Å². The number of piperidine rings is 1. The Kier molecular flexibility index (Phi) is 6.20. The number of aryl methyl sites for hydroxylation is 1. The topological polar surface area (TPSA) is 78.0 Å². The summed E-state index contributed by atoms with van der Waals surface area (Å²) in [5, 5.41) is 0. The minimum Gasteiger partial charge on any atom is -0.310 e. The number of hydrogen-bond acceptors (Lipinski definition) is 4. The zero-order valence-electron chi connectivity index (χ0n) is 19.6. The maximum absolute atomic E-state index is 13.3. The van der Waals surface area contributed by atoms with Gasteiger partial charge in [-0.15, -0.1) is 0 Å². The van der Waals surface area contributed by atoms with E-state index in [0.29, 0.717) is 50.5 Å². The third-order valence-corrected chi connectivity index (χ3v) is 9.24. The summed E-state index contributed by atoms with van der Waals surface area (Å²) in [5.41, 5.74) is 3.51. The Balaban J connectivity index is 1.41. The average molecular weight is 482 g/mol. The van der Waals surface area contributed by atoms with Crippen LogP contribution in [0.15, 0.2) is 47.4 Å². The molecule has 180 valence electrons. The first-order valence-electron chi connectivity index (χ1n) is 12.2. The number of amides is 2. The van der Waals surface area contributed by atoms with E-state index >= 15 is 0 Å². The van der Waals surface area contributed by atoms with E-state index in [1.54, 1.807) is 32.3 Å². The molecule has 3 aliphatic rings. The molecule has 1 fully saturated rings. The van der Waals surface area contributed by atoms with Gasteiger partial charge in [-0.05, 0) is 73.4 Å². The van der Waals surface area contributed by atoms with Gasteiger partial charge in [0.15, 0.2) is 0 Å². The third-order valence-electron chi connectivity index (χ3n) is 7.34. The molecule has 0 radical (unpaired) electrons. The van der Waals surface area contributed by atoms with Gasteiger partial charge < -0.3 is 9.80 Å².